The van der Waals surface area contributed by atoms with Gasteiger partial charge in [-0.05, 0) is 20.0 Å². The summed E-state index contributed by atoms with van der Waals surface area (Å²) in [5.41, 5.74) is -0.134. The van der Waals surface area contributed by atoms with Crippen molar-refractivity contribution in [2.24, 2.45) is 0 Å². The van der Waals surface area contributed by atoms with Crippen molar-refractivity contribution in [1.29, 1.82) is 0 Å². The lowest BCUT2D eigenvalue weighted by Crippen LogP contribution is -2.31. The number of ketones is 1. The first-order valence-electron chi connectivity index (χ1n) is 6.52. The highest BCUT2D eigenvalue weighted by atomic mass is 32.1. The van der Waals surface area contributed by atoms with Crippen molar-refractivity contribution in [3.05, 3.63) is 51.7 Å². The third-order valence-electron chi connectivity index (χ3n) is 3.25. The molecule has 7 heteroatoms. The molecule has 0 bridgehead atoms. The van der Waals surface area contributed by atoms with Crippen molar-refractivity contribution in [3.8, 4) is 0 Å². The number of rotatable bonds is 6. The maximum absolute atomic E-state index is 14.4. The first kappa shape index (κ1) is 16.3. The molecule has 0 aliphatic rings. The van der Waals surface area contributed by atoms with Crippen LogP contribution >= 0.6 is 11.3 Å². The van der Waals surface area contributed by atoms with Gasteiger partial charge in [0, 0.05) is 17.1 Å². The molecule has 0 radical (unpaired) electrons. The van der Waals surface area contributed by atoms with E-state index in [2.05, 4.69) is 4.98 Å². The highest BCUT2D eigenvalue weighted by molar-refractivity contribution is 7.09. The van der Waals surface area contributed by atoms with Crippen LogP contribution in [0, 0.1) is 5.82 Å². The Bertz CT molecular complexity index is 688. The number of carbonyl (C=O) groups is 2. The molecule has 1 heterocycles. The second kappa shape index (κ2) is 6.76. The zero-order valence-electron chi connectivity index (χ0n) is 12.1. The second-order valence-electron chi connectivity index (χ2n) is 4.85. The third kappa shape index (κ3) is 3.37. The number of hydrogen-bond acceptors (Lipinski definition) is 5. The lowest BCUT2D eigenvalue weighted by atomic mass is 10.00. The van der Waals surface area contributed by atoms with Gasteiger partial charge in [-0.15, -0.1) is 11.3 Å². The molecule has 0 fully saturated rings. The van der Waals surface area contributed by atoms with E-state index in [1.54, 1.807) is 18.6 Å². The number of carboxylic acid groups (broad SMARTS) is 1. The van der Waals surface area contributed by atoms with Crippen LogP contribution in [0.25, 0.3) is 0 Å². The van der Waals surface area contributed by atoms with Crippen LogP contribution in [0.5, 0.6) is 0 Å². The first-order valence-corrected chi connectivity index (χ1v) is 7.40. The van der Waals surface area contributed by atoms with Crippen molar-refractivity contribution in [1.82, 2.24) is 9.88 Å². The molecular formula is C15H15FN2O3S. The van der Waals surface area contributed by atoms with Crippen molar-refractivity contribution in [2.75, 3.05) is 7.05 Å². The molecule has 0 unspecified atom stereocenters. The Morgan fingerprint density at radius 1 is 1.45 bits per heavy atom. The summed E-state index contributed by atoms with van der Waals surface area (Å²) >= 11 is 1.39. The van der Waals surface area contributed by atoms with E-state index in [0.29, 0.717) is 0 Å². The van der Waals surface area contributed by atoms with Crippen molar-refractivity contribution in [3.63, 3.8) is 0 Å². The van der Waals surface area contributed by atoms with E-state index in [4.69, 9.17) is 0 Å². The van der Waals surface area contributed by atoms with E-state index in [1.807, 2.05) is 0 Å². The molecule has 1 aromatic heterocycles. The minimum atomic E-state index is -1.19. The fourth-order valence-electron chi connectivity index (χ4n) is 2.23. The van der Waals surface area contributed by atoms with Gasteiger partial charge in [-0.2, -0.15) is 0 Å². The Kier molecular flexibility index (Phi) is 4.99. The lowest BCUT2D eigenvalue weighted by Gasteiger charge is -2.24. The van der Waals surface area contributed by atoms with Crippen LogP contribution in [0.4, 0.5) is 4.39 Å². The van der Waals surface area contributed by atoms with Gasteiger partial charge in [-0.1, -0.05) is 12.1 Å². The summed E-state index contributed by atoms with van der Waals surface area (Å²) in [6.07, 6.45) is 1.63. The third-order valence-corrected chi connectivity index (χ3v) is 4.01. The summed E-state index contributed by atoms with van der Waals surface area (Å²) < 4.78 is 14.4. The number of thiazole rings is 1. The molecule has 1 atom stereocenters. The maximum atomic E-state index is 14.4. The summed E-state index contributed by atoms with van der Waals surface area (Å²) in [7, 11) is 1.58. The van der Waals surface area contributed by atoms with Gasteiger partial charge in [-0.3, -0.25) is 14.5 Å². The average Bonchev–Trinajstić information content (AvgIpc) is 2.93. The summed E-state index contributed by atoms with van der Waals surface area (Å²) in [6, 6.07) is 3.03. The van der Waals surface area contributed by atoms with Crippen molar-refractivity contribution >= 4 is 23.1 Å². The van der Waals surface area contributed by atoms with E-state index in [9.17, 15) is 19.1 Å². The molecule has 1 N–H and O–H groups in total. The fraction of sp³-hybridized carbons (Fsp3) is 0.267. The van der Waals surface area contributed by atoms with Crippen molar-refractivity contribution < 1.29 is 19.1 Å². The summed E-state index contributed by atoms with van der Waals surface area (Å²) in [4.78, 5) is 28.6. The number of carbonyl (C=O) groups excluding carboxylic acids is 1. The van der Waals surface area contributed by atoms with E-state index in [0.717, 1.165) is 5.01 Å². The van der Waals surface area contributed by atoms with E-state index in [1.165, 1.54) is 41.4 Å². The Morgan fingerprint density at radius 3 is 2.73 bits per heavy atom. The Labute approximate surface area is 131 Å². The van der Waals surface area contributed by atoms with Crippen LogP contribution in [0.1, 0.15) is 33.9 Å². The largest absolute Gasteiger partial charge is 0.480 e. The zero-order chi connectivity index (χ0) is 16.3. The lowest BCUT2D eigenvalue weighted by molar-refractivity contribution is -0.143. The van der Waals surface area contributed by atoms with E-state index >= 15 is 0 Å². The van der Waals surface area contributed by atoms with Crippen LogP contribution in [-0.2, 0) is 11.3 Å². The summed E-state index contributed by atoms with van der Waals surface area (Å²) in [5.74, 6) is -2.40. The molecule has 1 aromatic carbocycles. The van der Waals surface area contributed by atoms with Gasteiger partial charge in [-0.25, -0.2) is 9.37 Å². The number of aromatic nitrogens is 1. The highest BCUT2D eigenvalue weighted by Gasteiger charge is 2.29. The number of halogens is 1. The monoisotopic (exact) mass is 322 g/mol. The molecule has 0 saturated heterocycles. The van der Waals surface area contributed by atoms with Crippen LogP contribution in [0.2, 0.25) is 0 Å². The van der Waals surface area contributed by atoms with Gasteiger partial charge < -0.3 is 5.11 Å². The molecule has 0 spiro atoms. The number of hydrogen-bond donors (Lipinski definition) is 1. The van der Waals surface area contributed by atoms with Crippen LogP contribution in [0.15, 0.2) is 29.8 Å². The van der Waals surface area contributed by atoms with Crippen LogP contribution in [0.3, 0.4) is 0 Å². The minimum absolute atomic E-state index is 0.0285. The smallest absolute Gasteiger partial charge is 0.325 e. The molecule has 0 amide bonds. The number of aliphatic carboxylic acids is 1. The van der Waals surface area contributed by atoms with Gasteiger partial charge in [0.25, 0.3) is 0 Å². The molecule has 0 aliphatic heterocycles. The molecule has 0 saturated carbocycles. The fourth-order valence-corrected chi connectivity index (χ4v) is 2.91. The number of benzene rings is 1. The van der Waals surface area contributed by atoms with Crippen LogP contribution in [-0.4, -0.2) is 33.8 Å². The molecule has 2 aromatic rings. The number of Topliss-reactive ketones (excluding diaryl/α,β-unsaturated/α-hetero) is 1. The minimum Gasteiger partial charge on any atom is -0.480 e. The number of nitrogens with zero attached hydrogens (tertiary/aromatic N) is 2. The maximum Gasteiger partial charge on any atom is 0.325 e. The van der Waals surface area contributed by atoms with E-state index in [-0.39, 0.29) is 17.7 Å². The van der Waals surface area contributed by atoms with Gasteiger partial charge in [0.1, 0.15) is 16.9 Å². The second-order valence-corrected chi connectivity index (χ2v) is 5.83. The predicted molar refractivity (Wildman–Crippen MR) is 80.4 cm³/mol. The Morgan fingerprint density at radius 2 is 2.18 bits per heavy atom. The normalized spacial score (nSPS) is 12.4. The highest BCUT2D eigenvalue weighted by Crippen LogP contribution is 2.26. The van der Waals surface area contributed by atoms with Gasteiger partial charge in [0.2, 0.25) is 0 Å². The van der Waals surface area contributed by atoms with E-state index < -0.39 is 23.6 Å². The Balaban J connectivity index is 2.38. The molecule has 5 nitrogen and oxygen atoms in total. The Hall–Kier alpha value is -2.12. The number of likely N-dealkylation sites (N-methyl/N-ethyl adjacent to an activating group) is 1. The van der Waals surface area contributed by atoms with Crippen molar-refractivity contribution in [2.45, 2.75) is 19.5 Å². The molecule has 22 heavy (non-hydrogen) atoms. The molecule has 0 aliphatic carbocycles. The summed E-state index contributed by atoms with van der Waals surface area (Å²) in [5, 5.41) is 12.0. The molecule has 116 valence electrons. The zero-order valence-corrected chi connectivity index (χ0v) is 12.9. The van der Waals surface area contributed by atoms with Crippen LogP contribution < -0.4 is 0 Å². The average molecular weight is 322 g/mol. The quantitative estimate of drug-likeness (QED) is 0.828. The SMILES string of the molecule is CC(=O)c1cccc([C@H](C(=O)O)N(C)Cc2nccs2)c1F. The molecule has 2 rings (SSSR count). The topological polar surface area (TPSA) is 70.5 Å². The molecular weight excluding hydrogens is 307 g/mol. The summed E-state index contributed by atoms with van der Waals surface area (Å²) in [6.45, 7) is 1.52. The van der Waals surface area contributed by atoms with Gasteiger partial charge in [0.05, 0.1) is 12.1 Å². The predicted octanol–water partition coefficient (Wildman–Crippen LogP) is 2.74. The standard InChI is InChI=1S/C15H15FN2O3S/c1-9(19)10-4-3-5-11(13(10)16)14(15(20)21)18(2)8-12-17-6-7-22-12/h3-7,14H,8H2,1-2H3,(H,20,21)/t14-/m1/s1. The van der Waals surface area contributed by atoms with Gasteiger partial charge >= 0.3 is 5.97 Å². The van der Waals surface area contributed by atoms with Gasteiger partial charge in [0.15, 0.2) is 5.78 Å². The first-order chi connectivity index (χ1) is 10.4. The number of carboxylic acids is 1.